The summed E-state index contributed by atoms with van der Waals surface area (Å²) < 4.78 is 6.27. The number of nitriles is 1. The van der Waals surface area contributed by atoms with Crippen LogP contribution in [0.25, 0.3) is 0 Å². The molecule has 122 valence electrons. The van der Waals surface area contributed by atoms with Crippen LogP contribution in [0.3, 0.4) is 0 Å². The van der Waals surface area contributed by atoms with Crippen LogP contribution in [0, 0.1) is 11.3 Å². The number of rotatable bonds is 4. The molecule has 2 aliphatic carbocycles. The van der Waals surface area contributed by atoms with Crippen molar-refractivity contribution in [1.29, 1.82) is 5.26 Å². The van der Waals surface area contributed by atoms with Crippen molar-refractivity contribution in [3.05, 3.63) is 41.2 Å². The van der Waals surface area contributed by atoms with Crippen LogP contribution >= 0.6 is 0 Å². The Bertz CT molecular complexity index is 638. The quantitative estimate of drug-likeness (QED) is 0.855. The van der Waals surface area contributed by atoms with E-state index >= 15 is 0 Å². The smallest absolute Gasteiger partial charge is 0.123 e. The third kappa shape index (κ3) is 3.22. The summed E-state index contributed by atoms with van der Waals surface area (Å²) in [5, 5.41) is 19.4. The van der Waals surface area contributed by atoms with Gasteiger partial charge in [0.25, 0.3) is 0 Å². The summed E-state index contributed by atoms with van der Waals surface area (Å²) in [5.41, 5.74) is 1.70. The minimum absolute atomic E-state index is 0.323. The average Bonchev–Trinajstić information content (AvgIpc) is 3.09. The van der Waals surface area contributed by atoms with E-state index < -0.39 is 5.41 Å². The highest BCUT2D eigenvalue weighted by Gasteiger charge is 2.35. The van der Waals surface area contributed by atoms with Gasteiger partial charge in [0.2, 0.25) is 0 Å². The molecule has 23 heavy (non-hydrogen) atoms. The molecule has 0 amide bonds. The molecule has 1 unspecified atom stereocenters. The van der Waals surface area contributed by atoms with Crippen molar-refractivity contribution < 1.29 is 9.84 Å². The maximum absolute atomic E-state index is 9.78. The minimum Gasteiger partial charge on any atom is -0.513 e. The summed E-state index contributed by atoms with van der Waals surface area (Å²) in [6.45, 7) is 2.14. The van der Waals surface area contributed by atoms with Crippen LogP contribution in [0.5, 0.6) is 5.75 Å². The molecular formula is C20H25NO2. The summed E-state index contributed by atoms with van der Waals surface area (Å²) in [6.07, 6.45) is 9.62. The summed E-state index contributed by atoms with van der Waals surface area (Å²) >= 11 is 0. The Labute approximate surface area is 138 Å². The number of aliphatic hydroxyl groups excluding tert-OH is 1. The van der Waals surface area contributed by atoms with Crippen molar-refractivity contribution in [2.24, 2.45) is 0 Å². The molecule has 1 N–H and O–H groups in total. The van der Waals surface area contributed by atoms with E-state index in [-0.39, 0.29) is 0 Å². The molecule has 0 spiro atoms. The highest BCUT2D eigenvalue weighted by atomic mass is 16.5. The van der Waals surface area contributed by atoms with Crippen LogP contribution in [-0.4, -0.2) is 11.2 Å². The summed E-state index contributed by atoms with van der Waals surface area (Å²) in [5.74, 6) is 1.36. The minimum atomic E-state index is -0.535. The van der Waals surface area contributed by atoms with Gasteiger partial charge in [0.15, 0.2) is 0 Å². The Morgan fingerprint density at radius 1 is 1.35 bits per heavy atom. The first-order valence-electron chi connectivity index (χ1n) is 8.76. The molecule has 1 aromatic carbocycles. The lowest BCUT2D eigenvalue weighted by Crippen LogP contribution is -2.26. The first-order chi connectivity index (χ1) is 11.2. The first kappa shape index (κ1) is 15.9. The van der Waals surface area contributed by atoms with Crippen molar-refractivity contribution in [2.75, 3.05) is 0 Å². The van der Waals surface area contributed by atoms with Gasteiger partial charge in [-0.2, -0.15) is 5.26 Å². The molecule has 1 atom stereocenters. The second kappa shape index (κ2) is 6.66. The number of allylic oxidation sites excluding steroid dienone is 2. The van der Waals surface area contributed by atoms with E-state index in [0.29, 0.717) is 31.1 Å². The summed E-state index contributed by atoms with van der Waals surface area (Å²) in [4.78, 5) is 0. The van der Waals surface area contributed by atoms with Crippen LogP contribution < -0.4 is 4.74 Å². The van der Waals surface area contributed by atoms with Crippen molar-refractivity contribution in [3.8, 4) is 11.8 Å². The number of aliphatic hydroxyl groups is 1. The molecule has 1 aromatic rings. The number of hydrogen-bond donors (Lipinski definition) is 1. The van der Waals surface area contributed by atoms with Crippen molar-refractivity contribution >= 4 is 0 Å². The van der Waals surface area contributed by atoms with Gasteiger partial charge in [0.05, 0.1) is 23.3 Å². The van der Waals surface area contributed by atoms with E-state index in [1.165, 1.54) is 18.4 Å². The predicted octanol–water partition coefficient (Wildman–Crippen LogP) is 4.96. The van der Waals surface area contributed by atoms with E-state index in [4.69, 9.17) is 4.74 Å². The lowest BCUT2D eigenvalue weighted by Gasteiger charge is -2.30. The molecule has 0 saturated heterocycles. The van der Waals surface area contributed by atoms with Gasteiger partial charge in [0.1, 0.15) is 5.75 Å². The molecule has 3 nitrogen and oxygen atoms in total. The van der Waals surface area contributed by atoms with E-state index in [2.05, 4.69) is 31.2 Å². The van der Waals surface area contributed by atoms with E-state index in [9.17, 15) is 10.4 Å². The third-order valence-electron chi connectivity index (χ3n) is 5.30. The zero-order chi connectivity index (χ0) is 16.3. The molecule has 3 heteroatoms. The lowest BCUT2D eigenvalue weighted by molar-refractivity contribution is 0.207. The topological polar surface area (TPSA) is 53.2 Å². The van der Waals surface area contributed by atoms with E-state index in [0.717, 1.165) is 30.6 Å². The van der Waals surface area contributed by atoms with Crippen LogP contribution in [0.15, 0.2) is 30.0 Å². The molecule has 0 radical (unpaired) electrons. The molecule has 0 aliphatic heterocycles. The number of hydrogen-bond acceptors (Lipinski definition) is 3. The van der Waals surface area contributed by atoms with E-state index in [1.54, 1.807) is 6.08 Å². The number of ether oxygens (including phenoxy) is 1. The Hall–Kier alpha value is -1.95. The Kier molecular flexibility index (Phi) is 4.61. The highest BCUT2D eigenvalue weighted by Crippen LogP contribution is 2.40. The maximum Gasteiger partial charge on any atom is 0.123 e. The molecule has 0 aromatic heterocycles. The van der Waals surface area contributed by atoms with Crippen molar-refractivity contribution in [1.82, 2.24) is 0 Å². The fourth-order valence-corrected chi connectivity index (χ4v) is 3.71. The van der Waals surface area contributed by atoms with Crippen LogP contribution in [0.2, 0.25) is 0 Å². The monoisotopic (exact) mass is 311 g/mol. The number of nitrogens with zero attached hydrogens (tertiary/aromatic N) is 1. The molecule has 1 saturated carbocycles. The van der Waals surface area contributed by atoms with Crippen molar-refractivity contribution in [3.63, 3.8) is 0 Å². The van der Waals surface area contributed by atoms with Gasteiger partial charge in [-0.15, -0.1) is 0 Å². The molecule has 1 fully saturated rings. The Morgan fingerprint density at radius 3 is 2.74 bits per heavy atom. The van der Waals surface area contributed by atoms with Gasteiger partial charge in [-0.05, 0) is 68.2 Å². The Balaban J connectivity index is 1.91. The molecule has 2 aliphatic rings. The predicted molar refractivity (Wildman–Crippen MR) is 90.6 cm³/mol. The zero-order valence-electron chi connectivity index (χ0n) is 13.8. The maximum atomic E-state index is 9.78. The lowest BCUT2D eigenvalue weighted by atomic mass is 9.72. The summed E-state index contributed by atoms with van der Waals surface area (Å²) in [7, 11) is 0. The fourth-order valence-electron chi connectivity index (χ4n) is 3.71. The molecular weight excluding hydrogens is 286 g/mol. The second-order valence-electron chi connectivity index (χ2n) is 6.79. The van der Waals surface area contributed by atoms with Gasteiger partial charge in [-0.1, -0.05) is 19.1 Å². The van der Waals surface area contributed by atoms with Gasteiger partial charge in [0, 0.05) is 6.42 Å². The second-order valence-corrected chi connectivity index (χ2v) is 6.79. The van der Waals surface area contributed by atoms with Gasteiger partial charge in [-0.3, -0.25) is 0 Å². The fraction of sp³-hybridized carbons (Fsp3) is 0.550. The van der Waals surface area contributed by atoms with Gasteiger partial charge < -0.3 is 9.84 Å². The normalized spacial score (nSPS) is 25.0. The van der Waals surface area contributed by atoms with E-state index in [1.807, 2.05) is 0 Å². The standard InChI is InChI=1S/C20H25NO2/c1-2-15-7-8-16(13-19(15)23-18-5-3-4-6-18)20(14-21)11-9-17(22)10-12-20/h7-9,13,18,22H,2-6,10-12H2,1H3. The Morgan fingerprint density at radius 2 is 2.13 bits per heavy atom. The number of aryl methyl sites for hydroxylation is 1. The SMILES string of the molecule is CCc1ccc(C2(C#N)CC=C(O)CC2)cc1OC1CCCC1. The van der Waals surface area contributed by atoms with Gasteiger partial charge >= 0.3 is 0 Å². The van der Waals surface area contributed by atoms with Crippen molar-refractivity contribution in [2.45, 2.75) is 69.8 Å². The molecule has 0 bridgehead atoms. The van der Waals surface area contributed by atoms with Crippen LogP contribution in [-0.2, 0) is 11.8 Å². The highest BCUT2D eigenvalue weighted by molar-refractivity contribution is 5.44. The van der Waals surface area contributed by atoms with Gasteiger partial charge in [-0.25, -0.2) is 0 Å². The molecule has 3 rings (SSSR count). The molecule has 0 heterocycles. The van der Waals surface area contributed by atoms with Crippen LogP contribution in [0.4, 0.5) is 0 Å². The van der Waals surface area contributed by atoms with Crippen LogP contribution in [0.1, 0.15) is 63.0 Å². The largest absolute Gasteiger partial charge is 0.513 e. The number of benzene rings is 1. The first-order valence-corrected chi connectivity index (χ1v) is 8.76. The third-order valence-corrected chi connectivity index (χ3v) is 5.30. The summed E-state index contributed by atoms with van der Waals surface area (Å²) in [6, 6.07) is 8.76. The zero-order valence-corrected chi connectivity index (χ0v) is 13.8. The average molecular weight is 311 g/mol.